The third-order valence-corrected chi connectivity index (χ3v) is 4.82. The zero-order chi connectivity index (χ0) is 15.5. The fourth-order valence-corrected chi connectivity index (χ4v) is 3.44. The molecule has 21 heavy (non-hydrogen) atoms. The molecular formula is C15H27N3O3. The van der Waals surface area contributed by atoms with Gasteiger partial charge < -0.3 is 20.7 Å². The first kappa shape index (κ1) is 16.1. The van der Waals surface area contributed by atoms with Gasteiger partial charge in [0, 0.05) is 25.2 Å². The van der Waals surface area contributed by atoms with Crippen LogP contribution in [0, 0.1) is 5.41 Å². The fraction of sp³-hybridized carbons (Fsp3) is 0.867. The number of carbonyl (C=O) groups excluding carboxylic acids is 2. The fourth-order valence-electron chi connectivity index (χ4n) is 3.44. The predicted molar refractivity (Wildman–Crippen MR) is 79.7 cm³/mol. The zero-order valence-electron chi connectivity index (χ0n) is 13.1. The van der Waals surface area contributed by atoms with E-state index in [9.17, 15) is 9.59 Å². The summed E-state index contributed by atoms with van der Waals surface area (Å²) < 4.78 is 4.90. The topological polar surface area (TPSA) is 84.7 Å². The summed E-state index contributed by atoms with van der Waals surface area (Å²) in [6.45, 7) is 5.42. The minimum absolute atomic E-state index is 0.0250. The van der Waals surface area contributed by atoms with Crippen LogP contribution in [0.2, 0.25) is 0 Å². The number of amides is 2. The average molecular weight is 297 g/mol. The molecule has 2 rings (SSSR count). The largest absolute Gasteiger partial charge is 0.450 e. The van der Waals surface area contributed by atoms with Crippen molar-refractivity contribution < 1.29 is 14.3 Å². The van der Waals surface area contributed by atoms with Gasteiger partial charge in [-0.25, -0.2) is 4.79 Å². The number of piperidine rings is 1. The highest BCUT2D eigenvalue weighted by Gasteiger charge is 2.45. The van der Waals surface area contributed by atoms with Crippen molar-refractivity contribution in [1.29, 1.82) is 0 Å². The van der Waals surface area contributed by atoms with Gasteiger partial charge in [-0.05, 0) is 39.5 Å². The zero-order valence-corrected chi connectivity index (χ0v) is 13.1. The molecule has 2 aliphatic rings. The molecule has 0 aromatic rings. The highest BCUT2D eigenvalue weighted by molar-refractivity contribution is 5.83. The molecule has 1 saturated carbocycles. The second-order valence-corrected chi connectivity index (χ2v) is 6.37. The minimum atomic E-state index is -0.439. The molecule has 1 aliphatic carbocycles. The molecule has 3 N–H and O–H groups in total. The maximum absolute atomic E-state index is 12.8. The molecule has 0 radical (unpaired) electrons. The first-order valence-electron chi connectivity index (χ1n) is 7.95. The number of alkyl carbamates (subject to hydrolysis) is 1. The summed E-state index contributed by atoms with van der Waals surface area (Å²) in [5.41, 5.74) is 5.70. The summed E-state index contributed by atoms with van der Waals surface area (Å²) in [5.74, 6) is 0.142. The molecule has 3 atom stereocenters. The molecule has 120 valence electrons. The number of nitrogens with zero attached hydrogens (tertiary/aromatic N) is 1. The third kappa shape index (κ3) is 3.48. The summed E-state index contributed by atoms with van der Waals surface area (Å²) in [5, 5.41) is 2.83. The van der Waals surface area contributed by atoms with E-state index in [0.29, 0.717) is 13.2 Å². The van der Waals surface area contributed by atoms with Gasteiger partial charge in [0.1, 0.15) is 0 Å². The van der Waals surface area contributed by atoms with E-state index >= 15 is 0 Å². The monoisotopic (exact) mass is 297 g/mol. The Hall–Kier alpha value is -1.30. The van der Waals surface area contributed by atoms with Crippen LogP contribution in [-0.2, 0) is 9.53 Å². The Morgan fingerprint density at radius 1 is 1.38 bits per heavy atom. The van der Waals surface area contributed by atoms with Crippen LogP contribution in [0.4, 0.5) is 4.79 Å². The van der Waals surface area contributed by atoms with E-state index in [2.05, 4.69) is 5.32 Å². The maximum atomic E-state index is 12.8. The van der Waals surface area contributed by atoms with Crippen LogP contribution in [0.3, 0.4) is 0 Å². The van der Waals surface area contributed by atoms with Gasteiger partial charge in [0.25, 0.3) is 0 Å². The summed E-state index contributed by atoms with van der Waals surface area (Å²) in [6.07, 6.45) is 4.17. The second-order valence-electron chi connectivity index (χ2n) is 6.37. The standard InChI is InChI=1S/C15H27N3O3/c1-3-21-14(20)17-11-6-5-9-18(10-11)13(19)15(2)8-4-7-12(15)16/h11-12H,3-10,16H2,1-2H3,(H,17,20). The first-order chi connectivity index (χ1) is 9.97. The number of hydrogen-bond acceptors (Lipinski definition) is 4. The van der Waals surface area contributed by atoms with Gasteiger partial charge in [0.05, 0.1) is 12.0 Å². The molecule has 6 heteroatoms. The highest BCUT2D eigenvalue weighted by atomic mass is 16.5. The van der Waals surface area contributed by atoms with E-state index in [0.717, 1.165) is 38.6 Å². The van der Waals surface area contributed by atoms with Crippen molar-refractivity contribution >= 4 is 12.0 Å². The third-order valence-electron chi connectivity index (χ3n) is 4.82. The van der Waals surface area contributed by atoms with Crippen LogP contribution in [0.15, 0.2) is 0 Å². The molecule has 2 amide bonds. The summed E-state index contributed by atoms with van der Waals surface area (Å²) in [4.78, 5) is 26.2. The molecule has 0 spiro atoms. The van der Waals surface area contributed by atoms with E-state index in [-0.39, 0.29) is 18.0 Å². The number of carbonyl (C=O) groups is 2. The van der Waals surface area contributed by atoms with Crippen LogP contribution in [0.25, 0.3) is 0 Å². The normalized spacial score (nSPS) is 32.8. The number of rotatable bonds is 3. The van der Waals surface area contributed by atoms with Crippen molar-refractivity contribution in [1.82, 2.24) is 10.2 Å². The molecule has 0 aromatic carbocycles. The lowest BCUT2D eigenvalue weighted by atomic mass is 9.83. The molecule has 1 saturated heterocycles. The van der Waals surface area contributed by atoms with Crippen LogP contribution in [0.5, 0.6) is 0 Å². The van der Waals surface area contributed by atoms with E-state index in [1.54, 1.807) is 6.92 Å². The highest BCUT2D eigenvalue weighted by Crippen LogP contribution is 2.38. The number of hydrogen-bond donors (Lipinski definition) is 2. The van der Waals surface area contributed by atoms with Crippen LogP contribution >= 0.6 is 0 Å². The quantitative estimate of drug-likeness (QED) is 0.821. The molecule has 0 bridgehead atoms. The van der Waals surface area contributed by atoms with Gasteiger partial charge in [-0.2, -0.15) is 0 Å². The summed E-state index contributed by atoms with van der Waals surface area (Å²) in [7, 11) is 0. The van der Waals surface area contributed by atoms with Gasteiger partial charge in [-0.15, -0.1) is 0 Å². The van der Waals surface area contributed by atoms with E-state index in [1.807, 2.05) is 11.8 Å². The Morgan fingerprint density at radius 3 is 2.76 bits per heavy atom. The van der Waals surface area contributed by atoms with E-state index in [1.165, 1.54) is 0 Å². The van der Waals surface area contributed by atoms with Crippen molar-refractivity contribution in [2.75, 3.05) is 19.7 Å². The number of nitrogens with one attached hydrogen (secondary N) is 1. The lowest BCUT2D eigenvalue weighted by Gasteiger charge is -2.39. The number of nitrogens with two attached hydrogens (primary N) is 1. The Morgan fingerprint density at radius 2 is 2.14 bits per heavy atom. The molecule has 6 nitrogen and oxygen atoms in total. The van der Waals surface area contributed by atoms with Crippen molar-refractivity contribution in [3.05, 3.63) is 0 Å². The van der Waals surface area contributed by atoms with Crippen molar-refractivity contribution in [2.24, 2.45) is 11.1 Å². The summed E-state index contributed by atoms with van der Waals surface area (Å²) >= 11 is 0. The SMILES string of the molecule is CCOC(=O)NC1CCCN(C(=O)C2(C)CCCC2N)C1. The van der Waals surface area contributed by atoms with E-state index in [4.69, 9.17) is 10.5 Å². The molecule has 1 heterocycles. The van der Waals surface area contributed by atoms with Gasteiger partial charge in [0.15, 0.2) is 0 Å². The predicted octanol–water partition coefficient (Wildman–Crippen LogP) is 1.24. The van der Waals surface area contributed by atoms with Crippen LogP contribution in [-0.4, -0.2) is 48.7 Å². The Labute approximate surface area is 126 Å². The van der Waals surface area contributed by atoms with Gasteiger partial charge in [-0.1, -0.05) is 6.42 Å². The van der Waals surface area contributed by atoms with Gasteiger partial charge >= 0.3 is 6.09 Å². The lowest BCUT2D eigenvalue weighted by molar-refractivity contribution is -0.143. The Balaban J connectivity index is 1.94. The molecule has 2 fully saturated rings. The van der Waals surface area contributed by atoms with Gasteiger partial charge in [-0.3, -0.25) is 4.79 Å². The van der Waals surface area contributed by atoms with Crippen molar-refractivity contribution in [3.8, 4) is 0 Å². The van der Waals surface area contributed by atoms with Crippen LogP contribution < -0.4 is 11.1 Å². The van der Waals surface area contributed by atoms with Crippen molar-refractivity contribution in [2.45, 2.75) is 58.0 Å². The smallest absolute Gasteiger partial charge is 0.407 e. The maximum Gasteiger partial charge on any atom is 0.407 e. The minimum Gasteiger partial charge on any atom is -0.450 e. The number of likely N-dealkylation sites (tertiary alicyclic amines) is 1. The lowest BCUT2D eigenvalue weighted by Crippen LogP contribution is -2.55. The second kappa shape index (κ2) is 6.64. The molecular weight excluding hydrogens is 270 g/mol. The van der Waals surface area contributed by atoms with Crippen LogP contribution in [0.1, 0.15) is 46.0 Å². The first-order valence-corrected chi connectivity index (χ1v) is 7.95. The summed E-state index contributed by atoms with van der Waals surface area (Å²) in [6, 6.07) is -0.0774. The van der Waals surface area contributed by atoms with E-state index < -0.39 is 11.5 Å². The van der Waals surface area contributed by atoms with Crippen molar-refractivity contribution in [3.63, 3.8) is 0 Å². The Kier molecular flexibility index (Phi) is 5.08. The number of ether oxygens (including phenoxy) is 1. The Bertz CT molecular complexity index is 402. The molecule has 3 unspecified atom stereocenters. The average Bonchev–Trinajstić information content (AvgIpc) is 2.79. The van der Waals surface area contributed by atoms with Gasteiger partial charge in [0.2, 0.25) is 5.91 Å². The molecule has 0 aromatic heterocycles. The molecule has 1 aliphatic heterocycles.